The van der Waals surface area contributed by atoms with Crippen molar-refractivity contribution < 1.29 is 14.4 Å². The van der Waals surface area contributed by atoms with Crippen molar-refractivity contribution in [3.8, 4) is 0 Å². The monoisotopic (exact) mass is 396 g/mol. The van der Waals surface area contributed by atoms with Crippen LogP contribution in [0.15, 0.2) is 65.8 Å². The van der Waals surface area contributed by atoms with Gasteiger partial charge in [0.15, 0.2) is 5.78 Å². The van der Waals surface area contributed by atoms with Crippen molar-refractivity contribution in [2.24, 2.45) is 5.16 Å². The van der Waals surface area contributed by atoms with Gasteiger partial charge in [0.05, 0.1) is 11.2 Å². The number of hydrogen-bond donors (Lipinski definition) is 0. The quantitative estimate of drug-likeness (QED) is 0.278. The Bertz CT molecular complexity index is 1360. The SMILES string of the molecule is CC(=O)O/N=C1\CCn2c3ccc(C(=O)c4ccc(C)cc4)cc3c3cccc1c32. The van der Waals surface area contributed by atoms with Crippen molar-refractivity contribution in [1.29, 1.82) is 0 Å². The smallest absolute Gasteiger partial charge is 0.331 e. The molecule has 148 valence electrons. The predicted molar refractivity (Wildman–Crippen MR) is 117 cm³/mol. The van der Waals surface area contributed by atoms with Gasteiger partial charge < -0.3 is 9.40 Å². The van der Waals surface area contributed by atoms with E-state index in [2.05, 4.69) is 15.8 Å². The Morgan fingerprint density at radius 3 is 2.50 bits per heavy atom. The van der Waals surface area contributed by atoms with Crippen LogP contribution in [0.4, 0.5) is 0 Å². The summed E-state index contributed by atoms with van der Waals surface area (Å²) in [5.41, 5.74) is 6.36. The Hall–Kier alpha value is -3.73. The van der Waals surface area contributed by atoms with Crippen LogP contribution in [0.3, 0.4) is 0 Å². The molecule has 0 saturated carbocycles. The molecule has 1 aliphatic heterocycles. The number of carbonyl (C=O) groups excluding carboxylic acids is 2. The molecule has 4 aromatic rings. The van der Waals surface area contributed by atoms with Crippen molar-refractivity contribution in [2.45, 2.75) is 26.8 Å². The number of rotatable bonds is 3. The van der Waals surface area contributed by atoms with Crippen molar-refractivity contribution in [1.82, 2.24) is 4.57 Å². The molecule has 0 bridgehead atoms. The molecule has 0 amide bonds. The first-order valence-corrected chi connectivity index (χ1v) is 9.94. The average Bonchev–Trinajstić information content (AvgIpc) is 3.08. The maximum absolute atomic E-state index is 13.0. The fourth-order valence-electron chi connectivity index (χ4n) is 4.20. The van der Waals surface area contributed by atoms with E-state index in [1.165, 1.54) is 6.92 Å². The molecule has 0 radical (unpaired) electrons. The molecule has 1 aromatic heterocycles. The highest BCUT2D eigenvalue weighted by Gasteiger charge is 2.23. The molecule has 0 fully saturated rings. The Labute approximate surface area is 173 Å². The molecule has 5 rings (SSSR count). The molecule has 0 atom stereocenters. The highest BCUT2D eigenvalue weighted by molar-refractivity contribution is 6.20. The first kappa shape index (κ1) is 18.3. The molecule has 0 unspecified atom stereocenters. The molecule has 5 heteroatoms. The molecular formula is C25H20N2O3. The fourth-order valence-corrected chi connectivity index (χ4v) is 4.20. The maximum Gasteiger partial charge on any atom is 0.331 e. The minimum atomic E-state index is -0.431. The molecule has 0 saturated heterocycles. The molecule has 0 N–H and O–H groups in total. The number of nitrogens with zero attached hydrogens (tertiary/aromatic N) is 2. The maximum atomic E-state index is 13.0. The van der Waals surface area contributed by atoms with Crippen LogP contribution in [0, 0.1) is 6.92 Å². The minimum Gasteiger partial charge on any atom is -0.340 e. The zero-order chi connectivity index (χ0) is 20.8. The number of oxime groups is 1. The summed E-state index contributed by atoms with van der Waals surface area (Å²) in [7, 11) is 0. The van der Waals surface area contributed by atoms with Crippen LogP contribution < -0.4 is 0 Å². The fraction of sp³-hybridized carbons (Fsp3) is 0.160. The highest BCUT2D eigenvalue weighted by atomic mass is 16.7. The third-order valence-electron chi connectivity index (χ3n) is 5.63. The van der Waals surface area contributed by atoms with E-state index in [1.807, 2.05) is 61.5 Å². The molecule has 30 heavy (non-hydrogen) atoms. The van der Waals surface area contributed by atoms with Gasteiger partial charge >= 0.3 is 5.97 Å². The van der Waals surface area contributed by atoms with E-state index in [9.17, 15) is 9.59 Å². The summed E-state index contributed by atoms with van der Waals surface area (Å²) in [6.45, 7) is 4.09. The molecule has 0 aliphatic carbocycles. The van der Waals surface area contributed by atoms with Gasteiger partial charge in [-0.15, -0.1) is 0 Å². The molecule has 2 heterocycles. The van der Waals surface area contributed by atoms with Crippen LogP contribution in [0.2, 0.25) is 0 Å². The Morgan fingerprint density at radius 2 is 1.73 bits per heavy atom. The molecule has 1 aliphatic rings. The zero-order valence-electron chi connectivity index (χ0n) is 16.8. The van der Waals surface area contributed by atoms with Crippen LogP contribution in [-0.4, -0.2) is 22.0 Å². The van der Waals surface area contributed by atoms with E-state index in [4.69, 9.17) is 4.84 Å². The molecule has 5 nitrogen and oxygen atoms in total. The predicted octanol–water partition coefficient (Wildman–Crippen LogP) is 5.00. The summed E-state index contributed by atoms with van der Waals surface area (Å²) >= 11 is 0. The molecular weight excluding hydrogens is 376 g/mol. The van der Waals surface area contributed by atoms with Gasteiger partial charge in [-0.2, -0.15) is 0 Å². The highest BCUT2D eigenvalue weighted by Crippen LogP contribution is 2.35. The van der Waals surface area contributed by atoms with E-state index < -0.39 is 5.97 Å². The summed E-state index contributed by atoms with van der Waals surface area (Å²) in [6, 6.07) is 19.6. The van der Waals surface area contributed by atoms with Crippen LogP contribution in [-0.2, 0) is 16.2 Å². The Morgan fingerprint density at radius 1 is 0.967 bits per heavy atom. The van der Waals surface area contributed by atoms with Gasteiger partial charge in [-0.3, -0.25) is 4.79 Å². The van der Waals surface area contributed by atoms with E-state index in [1.54, 1.807) is 0 Å². The van der Waals surface area contributed by atoms with E-state index >= 15 is 0 Å². The molecule has 0 spiro atoms. The van der Waals surface area contributed by atoms with Crippen molar-refractivity contribution in [2.75, 3.05) is 0 Å². The van der Waals surface area contributed by atoms with Crippen LogP contribution in [0.5, 0.6) is 0 Å². The second-order valence-corrected chi connectivity index (χ2v) is 7.65. The summed E-state index contributed by atoms with van der Waals surface area (Å²) in [4.78, 5) is 29.1. The average molecular weight is 396 g/mol. The van der Waals surface area contributed by atoms with Gasteiger partial charge in [-0.25, -0.2) is 4.79 Å². The standard InChI is InChI=1S/C25H20N2O3/c1-15-6-8-17(9-7-15)25(29)18-10-11-23-21(14-18)19-4-3-5-20-22(26-30-16(2)28)12-13-27(23)24(19)20/h3-11,14H,12-13H2,1-2H3/b26-22+. The molecule has 3 aromatic carbocycles. The number of aryl methyl sites for hydroxylation is 2. The van der Waals surface area contributed by atoms with E-state index in [0.29, 0.717) is 17.5 Å². The number of aromatic nitrogens is 1. The topological polar surface area (TPSA) is 60.7 Å². The summed E-state index contributed by atoms with van der Waals surface area (Å²) < 4.78 is 2.26. The zero-order valence-corrected chi connectivity index (χ0v) is 16.8. The number of hydrogen-bond acceptors (Lipinski definition) is 4. The number of para-hydroxylation sites is 1. The van der Waals surface area contributed by atoms with E-state index in [0.717, 1.165) is 45.2 Å². The van der Waals surface area contributed by atoms with Crippen LogP contribution in [0.25, 0.3) is 21.8 Å². The van der Waals surface area contributed by atoms with Gasteiger partial charge in [0.1, 0.15) is 0 Å². The van der Waals surface area contributed by atoms with Gasteiger partial charge in [0.2, 0.25) is 0 Å². The normalized spacial score (nSPS) is 14.4. The number of benzene rings is 3. The number of fused-ring (bicyclic) bond motifs is 3. The number of ketones is 1. The number of carbonyl (C=O) groups is 2. The minimum absolute atomic E-state index is 0.0148. The lowest BCUT2D eigenvalue weighted by Crippen LogP contribution is -2.15. The van der Waals surface area contributed by atoms with E-state index in [-0.39, 0.29) is 5.78 Å². The lowest BCUT2D eigenvalue weighted by atomic mass is 9.99. The van der Waals surface area contributed by atoms with Gasteiger partial charge in [-0.1, -0.05) is 53.2 Å². The third kappa shape index (κ3) is 2.90. The van der Waals surface area contributed by atoms with Crippen molar-refractivity contribution in [3.05, 3.63) is 82.9 Å². The summed E-state index contributed by atoms with van der Waals surface area (Å²) in [5, 5.41) is 6.18. The first-order valence-electron chi connectivity index (χ1n) is 9.94. The van der Waals surface area contributed by atoms with Gasteiger partial charge in [0, 0.05) is 52.9 Å². The Balaban J connectivity index is 1.67. The van der Waals surface area contributed by atoms with Crippen LogP contribution >= 0.6 is 0 Å². The van der Waals surface area contributed by atoms with Crippen LogP contribution in [0.1, 0.15) is 40.4 Å². The van der Waals surface area contributed by atoms with Gasteiger partial charge in [-0.05, 0) is 25.1 Å². The van der Waals surface area contributed by atoms with Gasteiger partial charge in [0.25, 0.3) is 0 Å². The lowest BCUT2D eigenvalue weighted by molar-refractivity contribution is -0.140. The first-order chi connectivity index (χ1) is 14.5. The summed E-state index contributed by atoms with van der Waals surface area (Å²) in [6.07, 6.45) is 0.674. The second kappa shape index (κ2) is 6.95. The lowest BCUT2D eigenvalue weighted by Gasteiger charge is -2.17. The second-order valence-electron chi connectivity index (χ2n) is 7.65. The van der Waals surface area contributed by atoms with Crippen molar-refractivity contribution in [3.63, 3.8) is 0 Å². The largest absolute Gasteiger partial charge is 0.340 e. The Kier molecular flexibility index (Phi) is 4.24. The van der Waals surface area contributed by atoms with Crippen molar-refractivity contribution >= 4 is 39.3 Å². The summed E-state index contributed by atoms with van der Waals surface area (Å²) in [5.74, 6) is -0.416. The third-order valence-corrected chi connectivity index (χ3v) is 5.63.